The minimum atomic E-state index is 0.105. The number of hydrogen-bond acceptors (Lipinski definition) is 4. The van der Waals surface area contributed by atoms with Crippen LogP contribution in [0, 0.1) is 5.92 Å². The second kappa shape index (κ2) is 7.66. The van der Waals surface area contributed by atoms with Crippen LogP contribution in [0.15, 0.2) is 0 Å². The second-order valence-electron chi connectivity index (χ2n) is 6.11. The summed E-state index contributed by atoms with van der Waals surface area (Å²) in [5, 5.41) is 3.21. The molecule has 1 saturated heterocycles. The van der Waals surface area contributed by atoms with Crippen LogP contribution in [-0.2, 0) is 9.53 Å². The average molecular weight is 300 g/mol. The van der Waals surface area contributed by atoms with Gasteiger partial charge in [-0.3, -0.25) is 9.69 Å². The molecule has 1 atom stereocenters. The van der Waals surface area contributed by atoms with E-state index in [4.69, 9.17) is 4.74 Å². The summed E-state index contributed by atoms with van der Waals surface area (Å²) in [6, 6.07) is 0. The fourth-order valence-corrected chi connectivity index (χ4v) is 4.08. The highest BCUT2D eigenvalue weighted by Crippen LogP contribution is 2.35. The number of ether oxygens (including phenoxy) is 1. The summed E-state index contributed by atoms with van der Waals surface area (Å²) in [6.07, 6.45) is 7.05. The molecule has 5 heteroatoms. The molecule has 1 amide bonds. The molecule has 0 aromatic heterocycles. The lowest BCUT2D eigenvalue weighted by atomic mass is 9.94. The number of nitrogens with one attached hydrogen (secondary N) is 1. The highest BCUT2D eigenvalue weighted by Gasteiger charge is 2.40. The molecule has 0 spiro atoms. The first-order valence-corrected chi connectivity index (χ1v) is 9.17. The van der Waals surface area contributed by atoms with Crippen molar-refractivity contribution in [2.24, 2.45) is 5.92 Å². The van der Waals surface area contributed by atoms with Gasteiger partial charge in [-0.15, -0.1) is 0 Å². The molecule has 1 aliphatic heterocycles. The number of carbonyl (C=O) groups excluding carboxylic acids is 1. The Balaban J connectivity index is 1.90. The van der Waals surface area contributed by atoms with Crippen molar-refractivity contribution < 1.29 is 9.53 Å². The van der Waals surface area contributed by atoms with E-state index in [1.165, 1.54) is 25.7 Å². The zero-order valence-electron chi connectivity index (χ0n) is 12.8. The van der Waals surface area contributed by atoms with Crippen molar-refractivity contribution in [3.63, 3.8) is 0 Å². The molecule has 0 aromatic carbocycles. The first-order valence-electron chi connectivity index (χ1n) is 7.77. The molecule has 2 fully saturated rings. The summed E-state index contributed by atoms with van der Waals surface area (Å²) < 4.78 is 5.47. The predicted octanol–water partition coefficient (Wildman–Crippen LogP) is 1.75. The number of morpholine rings is 1. The molecular weight excluding hydrogens is 272 g/mol. The fourth-order valence-electron chi connectivity index (χ4n) is 3.43. The molecule has 1 heterocycles. The number of nitrogens with zero attached hydrogens (tertiary/aromatic N) is 1. The molecule has 2 rings (SSSR count). The minimum absolute atomic E-state index is 0.105. The largest absolute Gasteiger partial charge is 0.379 e. The van der Waals surface area contributed by atoms with E-state index >= 15 is 0 Å². The molecule has 20 heavy (non-hydrogen) atoms. The number of rotatable bonds is 6. The highest BCUT2D eigenvalue weighted by molar-refractivity contribution is 7.98. The van der Waals surface area contributed by atoms with Crippen molar-refractivity contribution in [3.05, 3.63) is 0 Å². The minimum Gasteiger partial charge on any atom is -0.379 e. The van der Waals surface area contributed by atoms with Crippen LogP contribution in [0.3, 0.4) is 0 Å². The molecule has 1 N–H and O–H groups in total. The average Bonchev–Trinajstić information content (AvgIpc) is 2.96. The van der Waals surface area contributed by atoms with Crippen LogP contribution in [0.2, 0.25) is 0 Å². The molecule has 1 saturated carbocycles. The van der Waals surface area contributed by atoms with Gasteiger partial charge in [0.25, 0.3) is 0 Å². The Kier molecular flexibility index (Phi) is 6.18. The van der Waals surface area contributed by atoms with Gasteiger partial charge in [0.15, 0.2) is 0 Å². The predicted molar refractivity (Wildman–Crippen MR) is 84.1 cm³/mol. The summed E-state index contributed by atoms with van der Waals surface area (Å²) in [5.74, 6) is 1.21. The van der Waals surface area contributed by atoms with Crippen molar-refractivity contribution >= 4 is 17.7 Å². The Morgan fingerprint density at radius 2 is 2.00 bits per heavy atom. The lowest BCUT2D eigenvalue weighted by Crippen LogP contribution is -2.57. The Morgan fingerprint density at radius 1 is 1.35 bits per heavy atom. The quantitative estimate of drug-likeness (QED) is 0.811. The van der Waals surface area contributed by atoms with Crippen molar-refractivity contribution in [3.8, 4) is 0 Å². The van der Waals surface area contributed by atoms with Gasteiger partial charge in [0.05, 0.1) is 13.2 Å². The van der Waals surface area contributed by atoms with Crippen LogP contribution in [0.5, 0.6) is 0 Å². The van der Waals surface area contributed by atoms with Crippen molar-refractivity contribution in [1.29, 1.82) is 0 Å². The van der Waals surface area contributed by atoms with Crippen molar-refractivity contribution in [2.45, 2.75) is 38.1 Å². The van der Waals surface area contributed by atoms with Gasteiger partial charge in [-0.05, 0) is 19.1 Å². The fraction of sp³-hybridized carbons (Fsp3) is 0.933. The third-order valence-corrected chi connectivity index (χ3v) is 5.51. The van der Waals surface area contributed by atoms with Crippen molar-refractivity contribution in [2.75, 3.05) is 44.9 Å². The normalized spacial score (nSPS) is 24.5. The number of hydrogen-bond donors (Lipinski definition) is 1. The van der Waals surface area contributed by atoms with Gasteiger partial charge in [0.2, 0.25) is 5.91 Å². The van der Waals surface area contributed by atoms with Gasteiger partial charge >= 0.3 is 0 Å². The summed E-state index contributed by atoms with van der Waals surface area (Å²) >= 11 is 1.74. The number of amides is 1. The summed E-state index contributed by atoms with van der Waals surface area (Å²) in [4.78, 5) is 14.7. The molecule has 1 aliphatic carbocycles. The molecule has 0 radical (unpaired) electrons. The first-order chi connectivity index (χ1) is 9.68. The van der Waals surface area contributed by atoms with Crippen LogP contribution in [0.1, 0.15) is 32.6 Å². The Labute approximate surface area is 127 Å². The monoisotopic (exact) mass is 300 g/mol. The third-order valence-electron chi connectivity index (χ3n) is 4.67. The molecule has 0 unspecified atom stereocenters. The second-order valence-corrected chi connectivity index (χ2v) is 7.02. The topological polar surface area (TPSA) is 41.6 Å². The Hall–Kier alpha value is -0.260. The smallest absolute Gasteiger partial charge is 0.223 e. The van der Waals surface area contributed by atoms with Crippen LogP contribution in [0.4, 0.5) is 0 Å². The lowest BCUT2D eigenvalue weighted by molar-refractivity contribution is -0.124. The first kappa shape index (κ1) is 16.1. The third kappa shape index (κ3) is 3.89. The zero-order valence-corrected chi connectivity index (χ0v) is 13.6. The van der Waals surface area contributed by atoms with E-state index in [2.05, 4.69) is 16.5 Å². The van der Waals surface area contributed by atoms with E-state index in [1.807, 2.05) is 6.92 Å². The zero-order chi connectivity index (χ0) is 14.4. The van der Waals surface area contributed by atoms with Gasteiger partial charge in [-0.2, -0.15) is 11.8 Å². The standard InChI is InChI=1S/C15H28N2O2S/c1-13(11-20-2)14(18)16-12-15(5-3-4-6-15)17-7-9-19-10-8-17/h13H,3-12H2,1-2H3,(H,16,18)/t13-/m0/s1. The van der Waals surface area contributed by atoms with E-state index < -0.39 is 0 Å². The maximum Gasteiger partial charge on any atom is 0.223 e. The maximum atomic E-state index is 12.1. The van der Waals surface area contributed by atoms with Gasteiger partial charge in [-0.1, -0.05) is 19.8 Å². The molecule has 0 aromatic rings. The highest BCUT2D eigenvalue weighted by atomic mass is 32.2. The van der Waals surface area contributed by atoms with Gasteiger partial charge in [0, 0.05) is 36.8 Å². The van der Waals surface area contributed by atoms with Crippen LogP contribution < -0.4 is 5.32 Å². The Bertz CT molecular complexity index is 313. The van der Waals surface area contributed by atoms with Gasteiger partial charge in [-0.25, -0.2) is 0 Å². The molecule has 2 aliphatic rings. The summed E-state index contributed by atoms with van der Waals surface area (Å²) in [6.45, 7) is 6.51. The molecule has 0 bridgehead atoms. The van der Waals surface area contributed by atoms with Crippen LogP contribution >= 0.6 is 11.8 Å². The molecule has 4 nitrogen and oxygen atoms in total. The van der Waals surface area contributed by atoms with Gasteiger partial charge < -0.3 is 10.1 Å². The van der Waals surface area contributed by atoms with Crippen LogP contribution in [0.25, 0.3) is 0 Å². The van der Waals surface area contributed by atoms with E-state index in [9.17, 15) is 4.79 Å². The molecular formula is C15H28N2O2S. The summed E-state index contributed by atoms with van der Waals surface area (Å²) in [7, 11) is 0. The number of thioether (sulfide) groups is 1. The Morgan fingerprint density at radius 3 is 2.60 bits per heavy atom. The van der Waals surface area contributed by atoms with E-state index in [0.717, 1.165) is 38.6 Å². The van der Waals surface area contributed by atoms with E-state index in [-0.39, 0.29) is 17.4 Å². The summed E-state index contributed by atoms with van der Waals surface area (Å²) in [5.41, 5.74) is 0.193. The van der Waals surface area contributed by atoms with E-state index in [0.29, 0.717) is 0 Å². The van der Waals surface area contributed by atoms with Crippen LogP contribution in [-0.4, -0.2) is 61.2 Å². The maximum absolute atomic E-state index is 12.1. The van der Waals surface area contributed by atoms with Gasteiger partial charge in [0.1, 0.15) is 0 Å². The molecule has 116 valence electrons. The number of carbonyl (C=O) groups is 1. The van der Waals surface area contributed by atoms with Crippen molar-refractivity contribution in [1.82, 2.24) is 10.2 Å². The van der Waals surface area contributed by atoms with E-state index in [1.54, 1.807) is 11.8 Å². The SMILES string of the molecule is CSC[C@H](C)C(=O)NCC1(N2CCOCC2)CCCC1. The lowest BCUT2D eigenvalue weighted by Gasteiger charge is -2.43.